The zero-order valence-electron chi connectivity index (χ0n) is 17.1. The molecule has 7 nitrogen and oxygen atoms in total. The summed E-state index contributed by atoms with van der Waals surface area (Å²) in [5.74, 6) is 1.54. The number of nitrogens with one attached hydrogen (secondary N) is 2. The molecule has 154 valence electrons. The maximum atomic E-state index is 12.7. The molecule has 0 aliphatic carbocycles. The third kappa shape index (κ3) is 4.38. The first-order valence-electron chi connectivity index (χ1n) is 10.0. The highest BCUT2D eigenvalue weighted by atomic mass is 32.2. The summed E-state index contributed by atoms with van der Waals surface area (Å²) in [4.78, 5) is 21.8. The molecule has 1 aliphatic heterocycles. The van der Waals surface area contributed by atoms with Crippen molar-refractivity contribution in [2.24, 2.45) is 10.1 Å². The Hall–Kier alpha value is -3.13. The van der Waals surface area contributed by atoms with Crippen LogP contribution in [0.5, 0.6) is 0 Å². The number of aliphatic imine (C=N–C) groups is 1. The fraction of sp³-hybridized carbons (Fsp3) is 0.273. The molecule has 0 saturated carbocycles. The van der Waals surface area contributed by atoms with E-state index >= 15 is 0 Å². The number of amidine groups is 1. The van der Waals surface area contributed by atoms with Crippen molar-refractivity contribution >= 4 is 45.2 Å². The summed E-state index contributed by atoms with van der Waals surface area (Å²) < 4.78 is 1.59. The monoisotopic (exact) mass is 420 g/mol. The highest BCUT2D eigenvalue weighted by Crippen LogP contribution is 2.17. The Bertz CT molecular complexity index is 1170. The summed E-state index contributed by atoms with van der Waals surface area (Å²) >= 11 is 1.75. The fourth-order valence-corrected chi connectivity index (χ4v) is 4.04. The highest BCUT2D eigenvalue weighted by Gasteiger charge is 2.10. The standard InChI is InChI=1S/C22H24N6OS/c1-3-28-20(29)18-7-4-5-8-19(18)25-21(28)27-26-15(2)16-9-11-17(12-10-16)24-22-23-13-6-14-30-22/h4-5,7-12H,3,6,13-14H2,1-2H3,(H,23,24)(H,25,27)/b26-15-. The number of aromatic nitrogens is 2. The van der Waals surface area contributed by atoms with Gasteiger partial charge in [-0.05, 0) is 50.1 Å². The van der Waals surface area contributed by atoms with Gasteiger partial charge < -0.3 is 5.32 Å². The number of fused-ring (bicyclic) bond motifs is 1. The topological polar surface area (TPSA) is 83.7 Å². The van der Waals surface area contributed by atoms with Crippen molar-refractivity contribution in [1.82, 2.24) is 9.55 Å². The molecule has 8 heteroatoms. The normalized spacial score (nSPS) is 14.5. The molecular formula is C22H24N6OS. The van der Waals surface area contributed by atoms with Crippen LogP contribution in [0.1, 0.15) is 25.8 Å². The number of benzene rings is 2. The van der Waals surface area contributed by atoms with Crippen LogP contribution in [-0.4, -0.2) is 32.7 Å². The largest absolute Gasteiger partial charge is 0.335 e. The second-order valence-corrected chi connectivity index (χ2v) is 7.99. The van der Waals surface area contributed by atoms with Gasteiger partial charge in [0.1, 0.15) is 0 Å². The van der Waals surface area contributed by atoms with Crippen molar-refractivity contribution in [2.45, 2.75) is 26.8 Å². The average Bonchev–Trinajstić information content (AvgIpc) is 2.79. The van der Waals surface area contributed by atoms with Crippen LogP contribution < -0.4 is 16.3 Å². The molecule has 2 N–H and O–H groups in total. The van der Waals surface area contributed by atoms with E-state index < -0.39 is 0 Å². The van der Waals surface area contributed by atoms with Crippen LogP contribution in [0, 0.1) is 0 Å². The van der Waals surface area contributed by atoms with Gasteiger partial charge in [0.05, 0.1) is 16.6 Å². The van der Waals surface area contributed by atoms with Crippen molar-refractivity contribution in [3.05, 3.63) is 64.4 Å². The fourth-order valence-electron chi connectivity index (χ4n) is 3.20. The zero-order valence-corrected chi connectivity index (χ0v) is 17.9. The highest BCUT2D eigenvalue weighted by molar-refractivity contribution is 8.14. The molecule has 2 heterocycles. The smallest absolute Gasteiger partial charge is 0.262 e. The quantitative estimate of drug-likeness (QED) is 0.478. The van der Waals surface area contributed by atoms with Crippen molar-refractivity contribution < 1.29 is 0 Å². The summed E-state index contributed by atoms with van der Waals surface area (Å²) in [5, 5.41) is 9.39. The third-order valence-corrected chi connectivity index (χ3v) is 5.85. The average molecular weight is 421 g/mol. The number of anilines is 2. The summed E-state index contributed by atoms with van der Waals surface area (Å²) in [7, 11) is 0. The van der Waals surface area contributed by atoms with E-state index in [9.17, 15) is 4.79 Å². The molecule has 3 aromatic rings. The second kappa shape index (κ2) is 9.13. The number of hydrogen-bond acceptors (Lipinski definition) is 7. The lowest BCUT2D eigenvalue weighted by Gasteiger charge is -2.13. The van der Waals surface area contributed by atoms with Gasteiger partial charge in [0.15, 0.2) is 5.17 Å². The predicted molar refractivity (Wildman–Crippen MR) is 127 cm³/mol. The lowest BCUT2D eigenvalue weighted by molar-refractivity contribution is 0.724. The van der Waals surface area contributed by atoms with Crippen molar-refractivity contribution in [3.63, 3.8) is 0 Å². The molecule has 4 rings (SSSR count). The molecule has 1 aliphatic rings. The van der Waals surface area contributed by atoms with Crippen molar-refractivity contribution in [2.75, 3.05) is 23.0 Å². The molecule has 0 spiro atoms. The molecule has 0 saturated heterocycles. The number of thioether (sulfide) groups is 1. The number of nitrogens with zero attached hydrogens (tertiary/aromatic N) is 4. The minimum atomic E-state index is -0.0719. The lowest BCUT2D eigenvalue weighted by Crippen LogP contribution is -2.23. The Labute approximate surface area is 179 Å². The minimum absolute atomic E-state index is 0.0719. The Balaban J connectivity index is 1.53. The SMILES string of the molecule is CCn1c(N/N=C(/C)c2ccc(NC3=NCCCS3)cc2)nc2ccccc2c1=O. The number of hydrogen-bond donors (Lipinski definition) is 2. The van der Waals surface area contributed by atoms with Crippen LogP contribution in [0.15, 0.2) is 63.4 Å². The Morgan fingerprint density at radius 3 is 2.73 bits per heavy atom. The molecule has 1 aromatic heterocycles. The van der Waals surface area contributed by atoms with E-state index in [1.165, 1.54) is 0 Å². The van der Waals surface area contributed by atoms with Gasteiger partial charge in [-0.2, -0.15) is 5.10 Å². The van der Waals surface area contributed by atoms with Crippen LogP contribution in [-0.2, 0) is 6.54 Å². The first kappa shape index (κ1) is 20.2. The van der Waals surface area contributed by atoms with Crippen LogP contribution >= 0.6 is 11.8 Å². The van der Waals surface area contributed by atoms with Gasteiger partial charge in [0, 0.05) is 24.5 Å². The first-order chi connectivity index (χ1) is 14.7. The van der Waals surface area contributed by atoms with Crippen LogP contribution in [0.2, 0.25) is 0 Å². The summed E-state index contributed by atoms with van der Waals surface area (Å²) in [6, 6.07) is 15.4. The molecule has 0 fully saturated rings. The molecule has 2 aromatic carbocycles. The van der Waals surface area contributed by atoms with Gasteiger partial charge in [-0.15, -0.1) is 0 Å². The zero-order chi connectivity index (χ0) is 20.9. The molecule has 0 radical (unpaired) electrons. The van der Waals surface area contributed by atoms with Crippen molar-refractivity contribution in [1.29, 1.82) is 0 Å². The van der Waals surface area contributed by atoms with Gasteiger partial charge in [-0.3, -0.25) is 14.4 Å². The van der Waals surface area contributed by atoms with E-state index in [2.05, 4.69) is 25.8 Å². The lowest BCUT2D eigenvalue weighted by atomic mass is 10.1. The van der Waals surface area contributed by atoms with Gasteiger partial charge >= 0.3 is 0 Å². The molecule has 0 amide bonds. The second-order valence-electron chi connectivity index (χ2n) is 6.90. The molecule has 0 unspecified atom stereocenters. The Kier molecular flexibility index (Phi) is 6.13. The van der Waals surface area contributed by atoms with Gasteiger partial charge in [-0.25, -0.2) is 10.4 Å². The molecular weight excluding hydrogens is 396 g/mol. The van der Waals surface area contributed by atoms with Crippen LogP contribution in [0.3, 0.4) is 0 Å². The van der Waals surface area contributed by atoms with E-state index in [4.69, 9.17) is 0 Å². The summed E-state index contributed by atoms with van der Waals surface area (Å²) in [6.07, 6.45) is 1.13. The number of para-hydroxylation sites is 1. The molecule has 0 bridgehead atoms. The van der Waals surface area contributed by atoms with E-state index in [1.54, 1.807) is 22.4 Å². The third-order valence-electron chi connectivity index (χ3n) is 4.85. The molecule has 0 atom stereocenters. The van der Waals surface area contributed by atoms with Gasteiger partial charge in [-0.1, -0.05) is 36.0 Å². The number of hydrazone groups is 1. The van der Waals surface area contributed by atoms with E-state index in [1.807, 2.05) is 56.3 Å². The van der Waals surface area contributed by atoms with Gasteiger partial charge in [0.2, 0.25) is 5.95 Å². The summed E-state index contributed by atoms with van der Waals surface area (Å²) in [5.41, 5.74) is 6.35. The molecule has 30 heavy (non-hydrogen) atoms. The van der Waals surface area contributed by atoms with Crippen LogP contribution in [0.4, 0.5) is 11.6 Å². The van der Waals surface area contributed by atoms with E-state index in [-0.39, 0.29) is 5.56 Å². The van der Waals surface area contributed by atoms with E-state index in [0.717, 1.165) is 40.8 Å². The van der Waals surface area contributed by atoms with Crippen molar-refractivity contribution in [3.8, 4) is 0 Å². The minimum Gasteiger partial charge on any atom is -0.335 e. The Morgan fingerprint density at radius 2 is 2.00 bits per heavy atom. The van der Waals surface area contributed by atoms with E-state index in [0.29, 0.717) is 23.4 Å². The first-order valence-corrected chi connectivity index (χ1v) is 11.0. The maximum absolute atomic E-state index is 12.7. The Morgan fingerprint density at radius 1 is 1.20 bits per heavy atom. The maximum Gasteiger partial charge on any atom is 0.262 e. The number of rotatable bonds is 5. The summed E-state index contributed by atoms with van der Waals surface area (Å²) in [6.45, 7) is 5.23. The predicted octanol–water partition coefficient (Wildman–Crippen LogP) is 4.16. The van der Waals surface area contributed by atoms with Crippen LogP contribution in [0.25, 0.3) is 10.9 Å². The van der Waals surface area contributed by atoms with Gasteiger partial charge in [0.25, 0.3) is 5.56 Å².